The van der Waals surface area contributed by atoms with Gasteiger partial charge in [-0.05, 0) is 44.3 Å². The molecule has 2 aromatic rings. The summed E-state index contributed by atoms with van der Waals surface area (Å²) in [5.41, 5.74) is 2.81. The smallest absolute Gasteiger partial charge is 0.215 e. The molecule has 0 bridgehead atoms. The van der Waals surface area contributed by atoms with E-state index < -0.39 is 10.0 Å². The monoisotopic (exact) mass is 366 g/mol. The molecule has 0 amide bonds. The van der Waals surface area contributed by atoms with Gasteiger partial charge in [0, 0.05) is 17.6 Å². The Morgan fingerprint density at radius 1 is 1.12 bits per heavy atom. The molecule has 24 heavy (non-hydrogen) atoms. The number of nitrogens with one attached hydrogen (secondary N) is 1. The van der Waals surface area contributed by atoms with E-state index >= 15 is 0 Å². The summed E-state index contributed by atoms with van der Waals surface area (Å²) in [5.74, 6) is -0.0234. The molecule has 0 saturated heterocycles. The Bertz CT molecular complexity index is 791. The Morgan fingerprint density at radius 3 is 2.46 bits per heavy atom. The Kier molecular flexibility index (Phi) is 6.40. The lowest BCUT2D eigenvalue weighted by Crippen LogP contribution is -2.35. The van der Waals surface area contributed by atoms with Crippen molar-refractivity contribution in [3.63, 3.8) is 0 Å². The number of aryl methyl sites for hydroxylation is 1. The molecule has 0 radical (unpaired) electrons. The van der Waals surface area contributed by atoms with Gasteiger partial charge in [0.2, 0.25) is 10.0 Å². The van der Waals surface area contributed by atoms with Gasteiger partial charge in [-0.25, -0.2) is 13.1 Å². The van der Waals surface area contributed by atoms with Crippen LogP contribution in [0.1, 0.15) is 22.7 Å². The van der Waals surface area contributed by atoms with E-state index in [0.717, 1.165) is 16.7 Å². The fourth-order valence-corrected chi connectivity index (χ4v) is 3.92. The summed E-state index contributed by atoms with van der Waals surface area (Å²) < 4.78 is 27.5. The van der Waals surface area contributed by atoms with Gasteiger partial charge >= 0.3 is 0 Å². The minimum atomic E-state index is -3.41. The van der Waals surface area contributed by atoms with Crippen molar-refractivity contribution in [1.82, 2.24) is 9.62 Å². The molecule has 0 saturated carbocycles. The van der Waals surface area contributed by atoms with E-state index in [1.54, 1.807) is 6.07 Å². The molecule has 0 spiro atoms. The van der Waals surface area contributed by atoms with Crippen molar-refractivity contribution < 1.29 is 8.42 Å². The third kappa shape index (κ3) is 5.60. The second kappa shape index (κ2) is 8.12. The van der Waals surface area contributed by atoms with E-state index in [4.69, 9.17) is 11.6 Å². The molecule has 0 aromatic heterocycles. The normalized spacial score (nSPS) is 13.2. The van der Waals surface area contributed by atoms with Gasteiger partial charge in [0.15, 0.2) is 0 Å². The van der Waals surface area contributed by atoms with Crippen LogP contribution in [0, 0.1) is 6.92 Å². The van der Waals surface area contributed by atoms with Crippen LogP contribution in [0.15, 0.2) is 48.5 Å². The molecule has 0 aliphatic heterocycles. The predicted molar refractivity (Wildman–Crippen MR) is 99.7 cm³/mol. The van der Waals surface area contributed by atoms with Gasteiger partial charge in [-0.1, -0.05) is 53.6 Å². The molecule has 0 aliphatic carbocycles. The summed E-state index contributed by atoms with van der Waals surface area (Å²) in [5, 5.41) is 0.641. The fraction of sp³-hybridized carbons (Fsp3) is 0.333. The largest absolute Gasteiger partial charge is 0.301 e. The summed E-state index contributed by atoms with van der Waals surface area (Å²) in [7, 11) is 0.426. The molecule has 2 rings (SSSR count). The van der Waals surface area contributed by atoms with E-state index in [0.29, 0.717) is 11.6 Å². The second-order valence-corrected chi connectivity index (χ2v) is 8.37. The van der Waals surface area contributed by atoms with Gasteiger partial charge in [-0.2, -0.15) is 0 Å². The predicted octanol–water partition coefficient (Wildman–Crippen LogP) is 3.37. The third-order valence-electron chi connectivity index (χ3n) is 3.79. The third-order valence-corrected chi connectivity index (χ3v) is 5.35. The highest BCUT2D eigenvalue weighted by Crippen LogP contribution is 2.21. The molecule has 0 fully saturated rings. The second-order valence-electron chi connectivity index (χ2n) is 6.13. The Labute approximate surface area is 149 Å². The lowest BCUT2D eigenvalue weighted by molar-refractivity contribution is 0.299. The zero-order valence-electron chi connectivity index (χ0n) is 14.2. The first-order valence-corrected chi connectivity index (χ1v) is 9.74. The Balaban J connectivity index is 2.08. The maximum absolute atomic E-state index is 12.4. The molecule has 1 atom stereocenters. The maximum Gasteiger partial charge on any atom is 0.215 e. The first-order valence-electron chi connectivity index (χ1n) is 7.71. The first kappa shape index (κ1) is 18.9. The van der Waals surface area contributed by atoms with E-state index in [9.17, 15) is 8.42 Å². The van der Waals surface area contributed by atoms with Gasteiger partial charge < -0.3 is 4.90 Å². The van der Waals surface area contributed by atoms with Crippen molar-refractivity contribution >= 4 is 21.6 Å². The number of nitrogens with zero attached hydrogens (tertiary/aromatic N) is 1. The van der Waals surface area contributed by atoms with E-state index in [1.807, 2.05) is 68.4 Å². The van der Waals surface area contributed by atoms with Gasteiger partial charge in [0.05, 0.1) is 5.75 Å². The summed E-state index contributed by atoms with van der Waals surface area (Å²) in [6.45, 7) is 2.24. The number of hydrogen-bond acceptors (Lipinski definition) is 3. The number of likely N-dealkylation sites (N-methyl/N-ethyl adjacent to an activating group) is 1. The summed E-state index contributed by atoms with van der Waals surface area (Å²) in [6, 6.07) is 14.9. The summed E-state index contributed by atoms with van der Waals surface area (Å²) >= 11 is 6.05. The van der Waals surface area contributed by atoms with Crippen LogP contribution < -0.4 is 4.72 Å². The number of hydrogen-bond donors (Lipinski definition) is 1. The minimum Gasteiger partial charge on any atom is -0.301 e. The molecule has 1 unspecified atom stereocenters. The van der Waals surface area contributed by atoms with E-state index in [2.05, 4.69) is 4.72 Å². The Morgan fingerprint density at radius 2 is 1.83 bits per heavy atom. The van der Waals surface area contributed by atoms with Crippen molar-refractivity contribution in [3.8, 4) is 0 Å². The standard InChI is InChI=1S/C18H23ClN2O2S/c1-14-6-4-7-15(10-14)13-24(22,23)20-12-18(21(2)3)16-8-5-9-17(19)11-16/h4-11,18,20H,12-13H2,1-3H3. The number of sulfonamides is 1. The van der Waals surface area contributed by atoms with Crippen LogP contribution in [-0.2, 0) is 15.8 Å². The quantitative estimate of drug-likeness (QED) is 0.817. The summed E-state index contributed by atoms with van der Waals surface area (Å²) in [4.78, 5) is 1.97. The highest BCUT2D eigenvalue weighted by molar-refractivity contribution is 7.88. The van der Waals surface area contributed by atoms with Crippen LogP contribution in [0.25, 0.3) is 0 Å². The van der Waals surface area contributed by atoms with Crippen LogP contribution in [0.2, 0.25) is 5.02 Å². The van der Waals surface area contributed by atoms with Crippen LogP contribution in [0.4, 0.5) is 0 Å². The Hall–Kier alpha value is -1.40. The van der Waals surface area contributed by atoms with E-state index in [-0.39, 0.29) is 11.8 Å². The average molecular weight is 367 g/mol. The number of rotatable bonds is 7. The topological polar surface area (TPSA) is 49.4 Å². The number of benzene rings is 2. The molecule has 130 valence electrons. The molecule has 4 nitrogen and oxygen atoms in total. The zero-order chi connectivity index (χ0) is 17.7. The molecule has 0 heterocycles. The molecule has 6 heteroatoms. The minimum absolute atomic E-state index is 0.0234. The zero-order valence-corrected chi connectivity index (χ0v) is 15.7. The molecule has 1 N–H and O–H groups in total. The summed E-state index contributed by atoms with van der Waals surface area (Å²) in [6.07, 6.45) is 0. The lowest BCUT2D eigenvalue weighted by Gasteiger charge is -2.25. The highest BCUT2D eigenvalue weighted by atomic mass is 35.5. The number of halogens is 1. The fourth-order valence-electron chi connectivity index (χ4n) is 2.59. The molecule has 0 aliphatic rings. The van der Waals surface area contributed by atoms with Gasteiger partial charge in [0.25, 0.3) is 0 Å². The van der Waals surface area contributed by atoms with Crippen LogP contribution in [0.5, 0.6) is 0 Å². The molecular formula is C18H23ClN2O2S. The van der Waals surface area contributed by atoms with Crippen molar-refractivity contribution in [2.75, 3.05) is 20.6 Å². The highest BCUT2D eigenvalue weighted by Gasteiger charge is 2.19. The van der Waals surface area contributed by atoms with Crippen LogP contribution in [-0.4, -0.2) is 34.0 Å². The first-order chi connectivity index (χ1) is 11.3. The molecular weight excluding hydrogens is 344 g/mol. The van der Waals surface area contributed by atoms with Gasteiger partial charge in [0.1, 0.15) is 0 Å². The van der Waals surface area contributed by atoms with Gasteiger partial charge in [-0.3, -0.25) is 0 Å². The van der Waals surface area contributed by atoms with Crippen LogP contribution >= 0.6 is 11.6 Å². The van der Waals surface area contributed by atoms with Crippen molar-refractivity contribution in [3.05, 3.63) is 70.2 Å². The van der Waals surface area contributed by atoms with Crippen molar-refractivity contribution in [1.29, 1.82) is 0 Å². The molecule has 2 aromatic carbocycles. The van der Waals surface area contributed by atoms with Crippen molar-refractivity contribution in [2.24, 2.45) is 0 Å². The maximum atomic E-state index is 12.4. The van der Waals surface area contributed by atoms with E-state index in [1.165, 1.54) is 0 Å². The van der Waals surface area contributed by atoms with Crippen LogP contribution in [0.3, 0.4) is 0 Å². The SMILES string of the molecule is Cc1cccc(CS(=O)(=O)NCC(c2cccc(Cl)c2)N(C)C)c1. The lowest BCUT2D eigenvalue weighted by atomic mass is 10.1. The van der Waals surface area contributed by atoms with Crippen molar-refractivity contribution in [2.45, 2.75) is 18.7 Å². The van der Waals surface area contributed by atoms with Gasteiger partial charge in [-0.15, -0.1) is 0 Å². The average Bonchev–Trinajstić information content (AvgIpc) is 2.46.